The van der Waals surface area contributed by atoms with Crippen LogP contribution in [-0.2, 0) is 16.4 Å². The normalized spacial score (nSPS) is 23.7. The molecule has 90 valence electrons. The van der Waals surface area contributed by atoms with Gasteiger partial charge in [-0.15, -0.1) is 11.3 Å². The molecule has 1 N–H and O–H groups in total. The van der Waals surface area contributed by atoms with Crippen molar-refractivity contribution in [1.29, 1.82) is 0 Å². The second-order valence-corrected chi connectivity index (χ2v) is 7.69. The molecule has 1 fully saturated rings. The molecule has 1 atom stereocenters. The number of hydrogen-bond donors (Lipinski definition) is 1. The second-order valence-electron chi connectivity index (χ2n) is 4.29. The molecule has 16 heavy (non-hydrogen) atoms. The summed E-state index contributed by atoms with van der Waals surface area (Å²) >= 11 is 1.72. The number of aryl methyl sites for hydroxylation is 1. The summed E-state index contributed by atoms with van der Waals surface area (Å²) in [5, 5.41) is 5.17. The van der Waals surface area contributed by atoms with E-state index in [1.807, 2.05) is 0 Å². The van der Waals surface area contributed by atoms with E-state index >= 15 is 0 Å². The molecule has 0 bridgehead atoms. The van der Waals surface area contributed by atoms with E-state index in [1.54, 1.807) is 11.3 Å². The third-order valence-corrected chi connectivity index (χ3v) is 6.39. The average molecular weight is 259 g/mol. The van der Waals surface area contributed by atoms with Gasteiger partial charge in [-0.1, -0.05) is 0 Å². The molecule has 0 saturated carbocycles. The summed E-state index contributed by atoms with van der Waals surface area (Å²) in [6.07, 6.45) is 1.64. The maximum Gasteiger partial charge on any atom is 0.154 e. The molecule has 0 amide bonds. The minimum Gasteiger partial charge on any atom is -0.311 e. The molecule has 1 aromatic heterocycles. The largest absolute Gasteiger partial charge is 0.311 e. The van der Waals surface area contributed by atoms with Crippen LogP contribution in [0, 0.1) is 6.92 Å². The van der Waals surface area contributed by atoms with Crippen molar-refractivity contribution in [2.24, 2.45) is 0 Å². The highest BCUT2D eigenvalue weighted by Gasteiger charge is 2.30. The van der Waals surface area contributed by atoms with Crippen molar-refractivity contribution in [2.75, 3.05) is 12.3 Å². The van der Waals surface area contributed by atoms with Crippen molar-refractivity contribution in [3.8, 4) is 0 Å². The molecule has 1 aromatic rings. The van der Waals surface area contributed by atoms with Crippen molar-refractivity contribution >= 4 is 21.2 Å². The van der Waals surface area contributed by atoms with Crippen LogP contribution in [0.5, 0.6) is 0 Å². The summed E-state index contributed by atoms with van der Waals surface area (Å²) in [5.41, 5.74) is 1.28. The number of thiophene rings is 1. The van der Waals surface area contributed by atoms with E-state index in [0.29, 0.717) is 12.3 Å². The van der Waals surface area contributed by atoms with E-state index in [0.717, 1.165) is 19.4 Å². The van der Waals surface area contributed by atoms with Gasteiger partial charge in [0.25, 0.3) is 0 Å². The van der Waals surface area contributed by atoms with Crippen LogP contribution in [0.2, 0.25) is 0 Å². The molecule has 1 aliphatic rings. The summed E-state index contributed by atoms with van der Waals surface area (Å²) in [6.45, 7) is 3.47. The predicted octanol–water partition coefficient (Wildman–Crippen LogP) is 1.72. The van der Waals surface area contributed by atoms with Gasteiger partial charge < -0.3 is 5.32 Å². The Kier molecular flexibility index (Phi) is 3.66. The van der Waals surface area contributed by atoms with Gasteiger partial charge >= 0.3 is 0 Å². The average Bonchev–Trinajstić information content (AvgIpc) is 2.75. The second kappa shape index (κ2) is 4.85. The van der Waals surface area contributed by atoms with Gasteiger partial charge in [-0.25, -0.2) is 8.42 Å². The summed E-state index contributed by atoms with van der Waals surface area (Å²) in [6, 6.07) is 2.09. The number of rotatable bonds is 4. The highest BCUT2D eigenvalue weighted by atomic mass is 32.2. The van der Waals surface area contributed by atoms with E-state index in [1.165, 1.54) is 10.4 Å². The van der Waals surface area contributed by atoms with Crippen molar-refractivity contribution in [3.63, 3.8) is 0 Å². The fourth-order valence-corrected chi connectivity index (χ4v) is 4.70. The third-order valence-electron chi connectivity index (χ3n) is 3.09. The Morgan fingerprint density at radius 2 is 2.38 bits per heavy atom. The molecule has 2 rings (SSSR count). The lowest BCUT2D eigenvalue weighted by Gasteiger charge is -2.10. The molecule has 5 heteroatoms. The lowest BCUT2D eigenvalue weighted by molar-refractivity contribution is 0.574. The Hall–Kier alpha value is -0.390. The quantitative estimate of drug-likeness (QED) is 0.895. The van der Waals surface area contributed by atoms with Crippen molar-refractivity contribution in [2.45, 2.75) is 31.6 Å². The van der Waals surface area contributed by atoms with Gasteiger partial charge in [0.05, 0.1) is 11.0 Å². The van der Waals surface area contributed by atoms with Gasteiger partial charge in [-0.2, -0.15) is 0 Å². The number of nitrogens with one attached hydrogen (secondary N) is 1. The standard InChI is InChI=1S/C11H17NO2S2/c1-9-4-5-15-11(9)8-12-7-10-3-2-6-16(10,13)14/h4-5,10,12H,2-3,6-8H2,1H3. The molecular weight excluding hydrogens is 242 g/mol. The molecule has 1 saturated heterocycles. The molecule has 0 aromatic carbocycles. The third kappa shape index (κ3) is 2.64. The molecule has 2 heterocycles. The summed E-state index contributed by atoms with van der Waals surface area (Å²) < 4.78 is 23.2. The van der Waals surface area contributed by atoms with Crippen LogP contribution in [0.3, 0.4) is 0 Å². The maximum absolute atomic E-state index is 11.6. The Labute approximate surface area is 101 Å². The Balaban J connectivity index is 1.83. The van der Waals surface area contributed by atoms with Crippen molar-refractivity contribution in [3.05, 3.63) is 21.9 Å². The SMILES string of the molecule is Cc1ccsc1CNCC1CCCS1(=O)=O. The van der Waals surface area contributed by atoms with E-state index < -0.39 is 9.84 Å². The minimum atomic E-state index is -2.80. The first kappa shape index (κ1) is 12.1. The molecule has 0 spiro atoms. The maximum atomic E-state index is 11.6. The van der Waals surface area contributed by atoms with E-state index in [2.05, 4.69) is 23.7 Å². The van der Waals surface area contributed by atoms with E-state index in [4.69, 9.17) is 0 Å². The first-order valence-electron chi connectivity index (χ1n) is 5.55. The van der Waals surface area contributed by atoms with Crippen LogP contribution >= 0.6 is 11.3 Å². The van der Waals surface area contributed by atoms with Gasteiger partial charge in [0.2, 0.25) is 0 Å². The van der Waals surface area contributed by atoms with Crippen LogP contribution in [0.25, 0.3) is 0 Å². The Morgan fingerprint density at radius 1 is 1.56 bits per heavy atom. The van der Waals surface area contributed by atoms with Gasteiger partial charge in [0, 0.05) is 18.0 Å². The lowest BCUT2D eigenvalue weighted by Crippen LogP contribution is -2.30. The molecule has 1 aliphatic heterocycles. The fourth-order valence-electron chi connectivity index (χ4n) is 2.02. The van der Waals surface area contributed by atoms with Gasteiger partial charge in [0.1, 0.15) is 0 Å². The van der Waals surface area contributed by atoms with Crippen LogP contribution in [0.4, 0.5) is 0 Å². The van der Waals surface area contributed by atoms with Gasteiger partial charge in [-0.3, -0.25) is 0 Å². The number of hydrogen-bond acceptors (Lipinski definition) is 4. The Morgan fingerprint density at radius 3 is 2.94 bits per heavy atom. The zero-order valence-corrected chi connectivity index (χ0v) is 11.0. The van der Waals surface area contributed by atoms with Crippen LogP contribution < -0.4 is 5.32 Å². The number of sulfone groups is 1. The highest BCUT2D eigenvalue weighted by Crippen LogP contribution is 2.20. The molecule has 0 radical (unpaired) electrons. The first-order chi connectivity index (χ1) is 7.59. The lowest BCUT2D eigenvalue weighted by atomic mass is 10.2. The molecule has 3 nitrogen and oxygen atoms in total. The highest BCUT2D eigenvalue weighted by molar-refractivity contribution is 7.92. The zero-order valence-electron chi connectivity index (χ0n) is 9.40. The molecular formula is C11H17NO2S2. The minimum absolute atomic E-state index is 0.159. The molecule has 0 aliphatic carbocycles. The first-order valence-corrected chi connectivity index (χ1v) is 8.14. The van der Waals surface area contributed by atoms with Crippen molar-refractivity contribution < 1.29 is 8.42 Å². The topological polar surface area (TPSA) is 46.2 Å². The van der Waals surface area contributed by atoms with E-state index in [9.17, 15) is 8.42 Å². The van der Waals surface area contributed by atoms with Crippen LogP contribution in [0.1, 0.15) is 23.3 Å². The predicted molar refractivity (Wildman–Crippen MR) is 67.6 cm³/mol. The van der Waals surface area contributed by atoms with Crippen LogP contribution in [0.15, 0.2) is 11.4 Å². The summed E-state index contributed by atoms with van der Waals surface area (Å²) in [7, 11) is -2.80. The van der Waals surface area contributed by atoms with Gasteiger partial charge in [-0.05, 0) is 36.8 Å². The molecule has 1 unspecified atom stereocenters. The summed E-state index contributed by atoms with van der Waals surface area (Å²) in [4.78, 5) is 1.30. The smallest absolute Gasteiger partial charge is 0.154 e. The summed E-state index contributed by atoms with van der Waals surface area (Å²) in [5.74, 6) is 0.372. The van der Waals surface area contributed by atoms with Gasteiger partial charge in [0.15, 0.2) is 9.84 Å². The van der Waals surface area contributed by atoms with Crippen LogP contribution in [-0.4, -0.2) is 26.0 Å². The Bertz CT molecular complexity index is 450. The fraction of sp³-hybridized carbons (Fsp3) is 0.636. The zero-order chi connectivity index (χ0) is 11.6. The monoisotopic (exact) mass is 259 g/mol. The van der Waals surface area contributed by atoms with E-state index in [-0.39, 0.29) is 5.25 Å². The van der Waals surface area contributed by atoms with Crippen molar-refractivity contribution in [1.82, 2.24) is 5.32 Å².